The van der Waals surface area contributed by atoms with E-state index in [0.29, 0.717) is 0 Å². The molecule has 0 aliphatic rings. The molecule has 222 valence electrons. The van der Waals surface area contributed by atoms with Gasteiger partial charge in [-0.3, -0.25) is 0 Å². The predicted molar refractivity (Wildman–Crippen MR) is 204 cm³/mol. The van der Waals surface area contributed by atoms with E-state index >= 15 is 0 Å². The maximum atomic E-state index is 2.54. The molecule has 0 atom stereocenters. The van der Waals surface area contributed by atoms with Crippen molar-refractivity contribution >= 4 is 70.7 Å². The highest BCUT2D eigenvalue weighted by molar-refractivity contribution is 6.38. The summed E-state index contributed by atoms with van der Waals surface area (Å²) in [6, 6.07) is 62.2. The summed E-state index contributed by atoms with van der Waals surface area (Å²) in [7, 11) is 0. The van der Waals surface area contributed by atoms with Crippen LogP contribution in [-0.2, 0) is 0 Å². The van der Waals surface area contributed by atoms with E-state index in [-0.39, 0.29) is 0 Å². The van der Waals surface area contributed by atoms with Crippen LogP contribution in [0.2, 0.25) is 0 Å². The summed E-state index contributed by atoms with van der Waals surface area (Å²) >= 11 is 0. The number of fused-ring (bicyclic) bond motifs is 13. The molecule has 0 amide bonds. The molecule has 11 aromatic rings. The quantitative estimate of drug-likeness (QED) is 0.189. The molecule has 3 aromatic heterocycles. The Hall–Kier alpha value is -6.38. The van der Waals surface area contributed by atoms with Gasteiger partial charge in [0.05, 0.1) is 27.6 Å². The predicted octanol–water partition coefficient (Wildman–Crippen LogP) is 12.4. The number of hydrogen-bond donors (Lipinski definition) is 0. The van der Waals surface area contributed by atoms with Crippen LogP contribution < -0.4 is 0 Å². The van der Waals surface area contributed by atoms with Crippen LogP contribution in [-0.4, -0.2) is 8.97 Å². The fourth-order valence-electron chi connectivity index (χ4n) is 8.40. The molecular formula is C46H28N2. The minimum Gasteiger partial charge on any atom is -0.307 e. The van der Waals surface area contributed by atoms with E-state index in [9.17, 15) is 0 Å². The van der Waals surface area contributed by atoms with Crippen LogP contribution in [0.4, 0.5) is 0 Å². The standard InChI is InChI=1S/C46H28N2/c1-2-11-29(12-3-1)30-21-23-31(24-22-30)32-25-27-33(28-26-32)47-41-20-9-7-16-38(41)42-35-14-4-5-15-36(35)43-39-18-10-17-37-34-13-6-8-19-40(34)48(44(37)39)46(43)45(42)47/h1-28H. The Morgan fingerprint density at radius 2 is 0.750 bits per heavy atom. The lowest BCUT2D eigenvalue weighted by Crippen LogP contribution is -1.96. The van der Waals surface area contributed by atoms with Crippen molar-refractivity contribution in [1.29, 1.82) is 0 Å². The molecule has 0 bridgehead atoms. The topological polar surface area (TPSA) is 9.34 Å². The Balaban J connectivity index is 1.23. The molecule has 0 N–H and O–H groups in total. The monoisotopic (exact) mass is 608 g/mol. The molecule has 0 fully saturated rings. The maximum Gasteiger partial charge on any atom is 0.0795 e. The molecule has 0 unspecified atom stereocenters. The minimum atomic E-state index is 1.16. The first-order valence-corrected chi connectivity index (χ1v) is 16.6. The number of nitrogens with zero attached hydrogens (tertiary/aromatic N) is 2. The smallest absolute Gasteiger partial charge is 0.0795 e. The van der Waals surface area contributed by atoms with Crippen molar-refractivity contribution in [3.63, 3.8) is 0 Å². The van der Waals surface area contributed by atoms with Crippen molar-refractivity contribution in [2.75, 3.05) is 0 Å². The highest BCUT2D eigenvalue weighted by Gasteiger charge is 2.25. The van der Waals surface area contributed by atoms with Gasteiger partial charge in [0.2, 0.25) is 0 Å². The molecule has 0 aliphatic heterocycles. The third-order valence-corrected chi connectivity index (χ3v) is 10.4. The van der Waals surface area contributed by atoms with Crippen LogP contribution in [0.25, 0.3) is 98.6 Å². The summed E-state index contributed by atoms with van der Waals surface area (Å²) in [5.41, 5.74) is 12.3. The van der Waals surface area contributed by atoms with E-state index in [1.807, 2.05) is 0 Å². The average molecular weight is 609 g/mol. The van der Waals surface area contributed by atoms with Crippen molar-refractivity contribution in [1.82, 2.24) is 8.97 Å². The Bertz CT molecular complexity index is 3010. The Morgan fingerprint density at radius 1 is 0.271 bits per heavy atom. The van der Waals surface area contributed by atoms with Crippen LogP contribution in [0.5, 0.6) is 0 Å². The summed E-state index contributed by atoms with van der Waals surface area (Å²) in [5.74, 6) is 0. The van der Waals surface area contributed by atoms with Crippen LogP contribution in [0, 0.1) is 0 Å². The van der Waals surface area contributed by atoms with Gasteiger partial charge in [0.25, 0.3) is 0 Å². The molecule has 8 aromatic carbocycles. The zero-order chi connectivity index (χ0) is 31.3. The highest BCUT2D eigenvalue weighted by Crippen LogP contribution is 2.48. The van der Waals surface area contributed by atoms with Crippen molar-refractivity contribution in [2.24, 2.45) is 0 Å². The SMILES string of the molecule is c1ccc(-c2ccc(-c3ccc(-n4c5ccccc5c5c6ccccc6c6c7cccc8c9ccccc9n(c87)c6c54)cc3)cc2)cc1. The van der Waals surface area contributed by atoms with Gasteiger partial charge in [-0.05, 0) is 57.3 Å². The van der Waals surface area contributed by atoms with E-state index in [1.165, 1.54) is 92.9 Å². The van der Waals surface area contributed by atoms with E-state index in [0.717, 1.165) is 5.69 Å². The number of para-hydroxylation sites is 3. The van der Waals surface area contributed by atoms with Gasteiger partial charge in [-0.1, -0.05) is 146 Å². The average Bonchev–Trinajstić information content (AvgIpc) is 3.81. The van der Waals surface area contributed by atoms with Crippen LogP contribution in [0.15, 0.2) is 170 Å². The highest BCUT2D eigenvalue weighted by atomic mass is 15.0. The summed E-state index contributed by atoms with van der Waals surface area (Å²) in [6.07, 6.45) is 0. The fourth-order valence-corrected chi connectivity index (χ4v) is 8.40. The molecule has 2 nitrogen and oxygen atoms in total. The van der Waals surface area contributed by atoms with Gasteiger partial charge < -0.3 is 8.97 Å². The molecule has 0 aliphatic carbocycles. The maximum absolute atomic E-state index is 2.54. The fraction of sp³-hybridized carbons (Fsp3) is 0. The Labute approximate surface area is 276 Å². The molecule has 3 heterocycles. The normalized spacial score (nSPS) is 12.2. The van der Waals surface area contributed by atoms with Crippen molar-refractivity contribution < 1.29 is 0 Å². The van der Waals surface area contributed by atoms with Gasteiger partial charge in [-0.2, -0.15) is 0 Å². The third kappa shape index (κ3) is 3.36. The molecule has 0 saturated heterocycles. The summed E-state index contributed by atoms with van der Waals surface area (Å²) in [5, 5.41) is 10.4. The summed E-state index contributed by atoms with van der Waals surface area (Å²) in [6.45, 7) is 0. The number of aromatic nitrogens is 2. The second-order valence-corrected chi connectivity index (χ2v) is 12.9. The molecule has 48 heavy (non-hydrogen) atoms. The zero-order valence-electron chi connectivity index (χ0n) is 26.1. The first-order valence-electron chi connectivity index (χ1n) is 16.6. The van der Waals surface area contributed by atoms with E-state index < -0.39 is 0 Å². The molecular weight excluding hydrogens is 581 g/mol. The minimum absolute atomic E-state index is 1.16. The van der Waals surface area contributed by atoms with Gasteiger partial charge in [-0.15, -0.1) is 0 Å². The van der Waals surface area contributed by atoms with E-state index in [2.05, 4.69) is 179 Å². The lowest BCUT2D eigenvalue weighted by molar-refractivity contribution is 1.18. The number of hydrogen-bond acceptors (Lipinski definition) is 0. The van der Waals surface area contributed by atoms with Crippen molar-refractivity contribution in [3.8, 4) is 27.9 Å². The van der Waals surface area contributed by atoms with Gasteiger partial charge in [-0.25, -0.2) is 0 Å². The van der Waals surface area contributed by atoms with Crippen molar-refractivity contribution in [3.05, 3.63) is 170 Å². The van der Waals surface area contributed by atoms with Crippen molar-refractivity contribution in [2.45, 2.75) is 0 Å². The van der Waals surface area contributed by atoms with E-state index in [1.54, 1.807) is 0 Å². The first-order chi connectivity index (χ1) is 23.8. The second-order valence-electron chi connectivity index (χ2n) is 12.9. The van der Waals surface area contributed by atoms with Gasteiger partial charge >= 0.3 is 0 Å². The number of benzene rings is 8. The summed E-state index contributed by atoms with van der Waals surface area (Å²) < 4.78 is 5.05. The molecule has 2 heteroatoms. The third-order valence-electron chi connectivity index (χ3n) is 10.4. The molecule has 0 radical (unpaired) electrons. The lowest BCUT2D eigenvalue weighted by Gasteiger charge is -2.12. The largest absolute Gasteiger partial charge is 0.307 e. The molecule has 11 rings (SSSR count). The molecule has 0 saturated carbocycles. The zero-order valence-corrected chi connectivity index (χ0v) is 26.1. The Kier molecular flexibility index (Phi) is 5.14. The lowest BCUT2D eigenvalue weighted by atomic mass is 9.98. The second kappa shape index (κ2) is 9.57. The van der Waals surface area contributed by atoms with Gasteiger partial charge in [0, 0.05) is 38.0 Å². The van der Waals surface area contributed by atoms with Gasteiger partial charge in [0.15, 0.2) is 0 Å². The van der Waals surface area contributed by atoms with Crippen LogP contribution in [0.1, 0.15) is 0 Å². The first kappa shape index (κ1) is 25.8. The summed E-state index contributed by atoms with van der Waals surface area (Å²) in [4.78, 5) is 0. The molecule has 0 spiro atoms. The number of rotatable bonds is 3. The van der Waals surface area contributed by atoms with Crippen LogP contribution >= 0.6 is 0 Å². The van der Waals surface area contributed by atoms with E-state index in [4.69, 9.17) is 0 Å². The Morgan fingerprint density at radius 3 is 1.44 bits per heavy atom. The van der Waals surface area contributed by atoms with Crippen LogP contribution in [0.3, 0.4) is 0 Å². The van der Waals surface area contributed by atoms with Gasteiger partial charge in [0.1, 0.15) is 0 Å².